The van der Waals surface area contributed by atoms with Crippen LogP contribution in [-0.2, 0) is 7.05 Å². The van der Waals surface area contributed by atoms with Gasteiger partial charge in [-0.2, -0.15) is 0 Å². The lowest BCUT2D eigenvalue weighted by Gasteiger charge is -2.06. The normalized spacial score (nSPS) is 11.0. The van der Waals surface area contributed by atoms with Gasteiger partial charge in [0.25, 0.3) is 5.69 Å². The molecule has 2 aromatic carbocycles. The first-order chi connectivity index (χ1) is 9.99. The molecule has 0 saturated heterocycles. The highest BCUT2D eigenvalue weighted by molar-refractivity contribution is 6.35. The summed E-state index contributed by atoms with van der Waals surface area (Å²) in [4.78, 5) is 14.8. The number of nitro groups is 1. The number of rotatable bonds is 2. The third-order valence-electron chi connectivity index (χ3n) is 3.33. The van der Waals surface area contributed by atoms with Crippen LogP contribution in [0.5, 0.6) is 0 Å². The topological polar surface area (TPSA) is 87.0 Å². The molecular weight excluding hydrogens is 292 g/mol. The SMILES string of the molecule is Cn1c(-c2ccc([N+](=O)[O-])cc2N)nc2cccc(Cl)c21. The molecule has 2 N–H and O–H groups in total. The molecule has 0 fully saturated rings. The number of aromatic nitrogens is 2. The smallest absolute Gasteiger partial charge is 0.271 e. The van der Waals surface area contributed by atoms with Crippen molar-refractivity contribution in [3.05, 3.63) is 51.5 Å². The number of fused-ring (bicyclic) bond motifs is 1. The summed E-state index contributed by atoms with van der Waals surface area (Å²) in [5, 5.41) is 11.4. The van der Waals surface area contributed by atoms with Crippen molar-refractivity contribution in [1.29, 1.82) is 0 Å². The number of hydrogen-bond donors (Lipinski definition) is 1. The Morgan fingerprint density at radius 3 is 2.71 bits per heavy atom. The summed E-state index contributed by atoms with van der Waals surface area (Å²) in [6, 6.07) is 9.80. The Morgan fingerprint density at radius 1 is 1.33 bits per heavy atom. The Morgan fingerprint density at radius 2 is 2.10 bits per heavy atom. The average molecular weight is 303 g/mol. The third-order valence-corrected chi connectivity index (χ3v) is 3.64. The summed E-state index contributed by atoms with van der Waals surface area (Å²) in [6.07, 6.45) is 0. The molecule has 0 saturated carbocycles. The van der Waals surface area contributed by atoms with Crippen LogP contribution in [-0.4, -0.2) is 14.5 Å². The number of halogens is 1. The van der Waals surface area contributed by atoms with E-state index in [1.54, 1.807) is 12.1 Å². The maximum atomic E-state index is 10.8. The van der Waals surface area contributed by atoms with Gasteiger partial charge in [-0.05, 0) is 18.2 Å². The van der Waals surface area contributed by atoms with Crippen molar-refractivity contribution < 1.29 is 4.92 Å². The first-order valence-corrected chi connectivity index (χ1v) is 6.52. The highest BCUT2D eigenvalue weighted by Crippen LogP contribution is 2.32. The van der Waals surface area contributed by atoms with Crippen molar-refractivity contribution in [2.24, 2.45) is 7.05 Å². The van der Waals surface area contributed by atoms with Gasteiger partial charge in [0.15, 0.2) is 0 Å². The van der Waals surface area contributed by atoms with E-state index in [9.17, 15) is 10.1 Å². The summed E-state index contributed by atoms with van der Waals surface area (Å²) < 4.78 is 1.83. The summed E-state index contributed by atoms with van der Waals surface area (Å²) in [5.41, 5.74) is 8.37. The molecule has 3 aromatic rings. The molecule has 0 aliphatic rings. The number of imidazole rings is 1. The Balaban J connectivity index is 2.24. The van der Waals surface area contributed by atoms with E-state index in [-0.39, 0.29) is 5.69 Å². The fourth-order valence-corrected chi connectivity index (χ4v) is 2.63. The van der Waals surface area contributed by atoms with E-state index >= 15 is 0 Å². The number of nitrogens with zero attached hydrogens (tertiary/aromatic N) is 3. The van der Waals surface area contributed by atoms with Crippen LogP contribution in [0.2, 0.25) is 5.02 Å². The number of hydrogen-bond acceptors (Lipinski definition) is 4. The number of anilines is 1. The van der Waals surface area contributed by atoms with Crippen molar-refractivity contribution in [2.45, 2.75) is 0 Å². The van der Waals surface area contributed by atoms with E-state index in [4.69, 9.17) is 17.3 Å². The molecule has 106 valence electrons. The van der Waals surface area contributed by atoms with Crippen LogP contribution in [0.3, 0.4) is 0 Å². The van der Waals surface area contributed by atoms with Crippen molar-refractivity contribution in [1.82, 2.24) is 9.55 Å². The van der Waals surface area contributed by atoms with E-state index in [2.05, 4.69) is 4.98 Å². The molecule has 0 radical (unpaired) electrons. The minimum atomic E-state index is -0.480. The van der Waals surface area contributed by atoms with Crippen LogP contribution in [0.25, 0.3) is 22.4 Å². The van der Waals surface area contributed by atoms with Gasteiger partial charge >= 0.3 is 0 Å². The summed E-state index contributed by atoms with van der Waals surface area (Å²) >= 11 is 6.19. The maximum absolute atomic E-state index is 10.8. The lowest BCUT2D eigenvalue weighted by Crippen LogP contribution is -1.98. The number of nitrogen functional groups attached to an aromatic ring is 1. The largest absolute Gasteiger partial charge is 0.398 e. The van der Waals surface area contributed by atoms with Crippen LogP contribution in [0.15, 0.2) is 36.4 Å². The van der Waals surface area contributed by atoms with Crippen LogP contribution < -0.4 is 5.73 Å². The van der Waals surface area contributed by atoms with Gasteiger partial charge in [-0.3, -0.25) is 10.1 Å². The lowest BCUT2D eigenvalue weighted by atomic mass is 10.1. The van der Waals surface area contributed by atoms with Gasteiger partial charge in [-0.1, -0.05) is 17.7 Å². The second kappa shape index (κ2) is 4.75. The van der Waals surface area contributed by atoms with E-state index in [1.807, 2.05) is 23.7 Å². The van der Waals surface area contributed by atoms with Gasteiger partial charge in [-0.15, -0.1) is 0 Å². The lowest BCUT2D eigenvalue weighted by molar-refractivity contribution is -0.384. The minimum absolute atomic E-state index is 0.0481. The zero-order chi connectivity index (χ0) is 15.1. The van der Waals surface area contributed by atoms with E-state index < -0.39 is 4.92 Å². The molecule has 3 rings (SSSR count). The van der Waals surface area contributed by atoms with Gasteiger partial charge in [0, 0.05) is 30.4 Å². The molecule has 0 aliphatic carbocycles. The van der Waals surface area contributed by atoms with Gasteiger partial charge in [0.2, 0.25) is 0 Å². The summed E-state index contributed by atoms with van der Waals surface area (Å²) in [6.45, 7) is 0. The average Bonchev–Trinajstić information content (AvgIpc) is 2.77. The Kier molecular flexibility index (Phi) is 3.03. The zero-order valence-corrected chi connectivity index (χ0v) is 11.8. The van der Waals surface area contributed by atoms with Crippen molar-refractivity contribution >= 4 is 34.0 Å². The molecule has 0 amide bonds. The molecular formula is C14H11ClN4O2. The first-order valence-electron chi connectivity index (χ1n) is 6.14. The number of benzene rings is 2. The molecule has 0 unspecified atom stereocenters. The fourth-order valence-electron chi connectivity index (χ4n) is 2.33. The zero-order valence-electron chi connectivity index (χ0n) is 11.1. The molecule has 7 heteroatoms. The van der Waals surface area contributed by atoms with Crippen molar-refractivity contribution in [2.75, 3.05) is 5.73 Å². The monoisotopic (exact) mass is 302 g/mol. The Hall–Kier alpha value is -2.60. The molecule has 0 spiro atoms. The number of nitro benzene ring substituents is 1. The fraction of sp³-hybridized carbons (Fsp3) is 0.0714. The quantitative estimate of drug-likeness (QED) is 0.446. The molecule has 6 nitrogen and oxygen atoms in total. The number of nitrogens with two attached hydrogens (primary N) is 1. The van der Waals surface area contributed by atoms with Crippen LogP contribution in [0, 0.1) is 10.1 Å². The molecule has 21 heavy (non-hydrogen) atoms. The third kappa shape index (κ3) is 2.09. The summed E-state index contributed by atoms with van der Waals surface area (Å²) in [7, 11) is 1.83. The van der Waals surface area contributed by atoms with Crippen LogP contribution in [0.1, 0.15) is 0 Å². The highest BCUT2D eigenvalue weighted by Gasteiger charge is 2.16. The predicted molar refractivity (Wildman–Crippen MR) is 82.2 cm³/mol. The number of para-hydroxylation sites is 1. The Bertz CT molecular complexity index is 873. The second-order valence-corrected chi connectivity index (χ2v) is 5.04. The van der Waals surface area contributed by atoms with Crippen LogP contribution >= 0.6 is 11.6 Å². The van der Waals surface area contributed by atoms with E-state index in [1.165, 1.54) is 12.1 Å². The first kappa shape index (κ1) is 13.4. The van der Waals surface area contributed by atoms with Crippen LogP contribution in [0.4, 0.5) is 11.4 Å². The van der Waals surface area contributed by atoms with Gasteiger partial charge < -0.3 is 10.3 Å². The van der Waals surface area contributed by atoms with E-state index in [0.717, 1.165) is 11.0 Å². The highest BCUT2D eigenvalue weighted by atomic mass is 35.5. The predicted octanol–water partition coefficient (Wildman–Crippen LogP) is 3.38. The minimum Gasteiger partial charge on any atom is -0.398 e. The molecule has 1 aromatic heterocycles. The van der Waals surface area contributed by atoms with Gasteiger partial charge in [-0.25, -0.2) is 4.98 Å². The Labute approximate surface area is 124 Å². The van der Waals surface area contributed by atoms with Gasteiger partial charge in [0.05, 0.1) is 21.0 Å². The summed E-state index contributed by atoms with van der Waals surface area (Å²) in [5.74, 6) is 0.616. The second-order valence-electron chi connectivity index (χ2n) is 4.63. The molecule has 0 bridgehead atoms. The maximum Gasteiger partial charge on any atom is 0.271 e. The van der Waals surface area contributed by atoms with Crippen molar-refractivity contribution in [3.63, 3.8) is 0 Å². The molecule has 1 heterocycles. The van der Waals surface area contributed by atoms with Crippen molar-refractivity contribution in [3.8, 4) is 11.4 Å². The van der Waals surface area contributed by atoms with E-state index in [0.29, 0.717) is 22.1 Å². The number of aryl methyl sites for hydroxylation is 1. The molecule has 0 aliphatic heterocycles. The van der Waals surface area contributed by atoms with Gasteiger partial charge in [0.1, 0.15) is 5.82 Å². The standard InChI is InChI=1S/C14H11ClN4O2/c1-18-13-10(15)3-2-4-12(13)17-14(18)9-6-5-8(19(20)21)7-11(9)16/h2-7H,16H2,1H3. The number of non-ortho nitro benzene ring substituents is 1. The molecule has 0 atom stereocenters.